The van der Waals surface area contributed by atoms with Crippen LogP contribution in [0.2, 0.25) is 0 Å². The fourth-order valence-electron chi connectivity index (χ4n) is 2.69. The minimum absolute atomic E-state index is 0.0927. The summed E-state index contributed by atoms with van der Waals surface area (Å²) in [5.74, 6) is 0. The molecule has 0 spiro atoms. The topological polar surface area (TPSA) is 99.2 Å². The van der Waals surface area contributed by atoms with E-state index in [1.165, 1.54) is 12.1 Å². The average Bonchev–Trinajstić information content (AvgIpc) is 2.94. The second-order valence-electron chi connectivity index (χ2n) is 5.32. The molecule has 0 unspecified atom stereocenters. The minimum atomic E-state index is -0.517. The van der Waals surface area contributed by atoms with E-state index < -0.39 is 4.92 Å². The largest absolute Gasteiger partial charge is 0.396 e. The van der Waals surface area contributed by atoms with Crippen molar-refractivity contribution in [3.05, 3.63) is 33.9 Å². The zero-order valence-electron chi connectivity index (χ0n) is 11.1. The molecule has 1 aromatic rings. The smallest absolute Gasteiger partial charge is 0.270 e. The molecule has 0 atom stereocenters. The zero-order valence-corrected chi connectivity index (χ0v) is 11.1. The number of nitrogens with zero attached hydrogens (tertiary/aromatic N) is 2. The van der Waals surface area contributed by atoms with Crippen LogP contribution in [0.15, 0.2) is 18.2 Å². The van der Waals surface area contributed by atoms with Gasteiger partial charge in [-0.2, -0.15) is 5.26 Å². The van der Waals surface area contributed by atoms with E-state index in [1.54, 1.807) is 6.07 Å². The van der Waals surface area contributed by atoms with Crippen LogP contribution in [-0.4, -0.2) is 23.2 Å². The molecule has 0 heterocycles. The zero-order chi connectivity index (χ0) is 14.6. The lowest BCUT2D eigenvalue weighted by atomic mass is 9.87. The summed E-state index contributed by atoms with van der Waals surface area (Å²) < 4.78 is 0. The van der Waals surface area contributed by atoms with Crippen LogP contribution in [0.25, 0.3) is 0 Å². The first-order valence-electron chi connectivity index (χ1n) is 6.63. The number of non-ortho nitro benzene ring substituents is 1. The van der Waals surface area contributed by atoms with Gasteiger partial charge in [0.2, 0.25) is 0 Å². The summed E-state index contributed by atoms with van der Waals surface area (Å²) in [7, 11) is 0. The van der Waals surface area contributed by atoms with Gasteiger partial charge in [0.25, 0.3) is 5.69 Å². The predicted octanol–water partition coefficient (Wildman–Crippen LogP) is 2.43. The van der Waals surface area contributed by atoms with E-state index in [0.29, 0.717) is 12.2 Å². The molecule has 0 amide bonds. The molecule has 2 rings (SSSR count). The molecule has 0 radical (unpaired) electrons. The van der Waals surface area contributed by atoms with Crippen LogP contribution in [0.3, 0.4) is 0 Å². The molecule has 1 saturated carbocycles. The summed E-state index contributed by atoms with van der Waals surface area (Å²) in [6, 6.07) is 6.16. The molecule has 2 N–H and O–H groups in total. The third-order valence-electron chi connectivity index (χ3n) is 3.99. The number of nitrogens with one attached hydrogen (secondary N) is 1. The van der Waals surface area contributed by atoms with Crippen molar-refractivity contribution in [2.45, 2.75) is 25.7 Å². The Balaban J connectivity index is 2.13. The van der Waals surface area contributed by atoms with Crippen LogP contribution in [0.4, 0.5) is 11.4 Å². The quantitative estimate of drug-likeness (QED) is 0.635. The van der Waals surface area contributed by atoms with E-state index in [4.69, 9.17) is 5.26 Å². The Labute approximate surface area is 117 Å². The third kappa shape index (κ3) is 2.89. The molecule has 6 nitrogen and oxygen atoms in total. The van der Waals surface area contributed by atoms with E-state index in [1.807, 2.05) is 6.07 Å². The molecule has 0 saturated heterocycles. The molecule has 6 heteroatoms. The van der Waals surface area contributed by atoms with Crippen molar-refractivity contribution >= 4 is 11.4 Å². The van der Waals surface area contributed by atoms with E-state index in [-0.39, 0.29) is 23.3 Å². The van der Waals surface area contributed by atoms with Gasteiger partial charge in [-0.3, -0.25) is 10.1 Å². The molecule has 0 aromatic heterocycles. The van der Waals surface area contributed by atoms with Crippen molar-refractivity contribution in [2.24, 2.45) is 5.41 Å². The predicted molar refractivity (Wildman–Crippen MR) is 74.3 cm³/mol. The van der Waals surface area contributed by atoms with Gasteiger partial charge in [-0.1, -0.05) is 12.8 Å². The van der Waals surface area contributed by atoms with Gasteiger partial charge in [0.15, 0.2) is 0 Å². The second kappa shape index (κ2) is 5.88. The van der Waals surface area contributed by atoms with Gasteiger partial charge in [-0.15, -0.1) is 0 Å². The number of hydrogen-bond donors (Lipinski definition) is 2. The van der Waals surface area contributed by atoms with Crippen molar-refractivity contribution in [1.29, 1.82) is 5.26 Å². The fraction of sp³-hybridized carbons (Fsp3) is 0.500. The molecule has 1 aliphatic rings. The number of benzene rings is 1. The number of aliphatic hydroxyl groups is 1. The summed E-state index contributed by atoms with van der Waals surface area (Å²) in [6.07, 6.45) is 4.14. The molecule has 1 aromatic carbocycles. The Bertz CT molecular complexity index is 545. The second-order valence-corrected chi connectivity index (χ2v) is 5.32. The van der Waals surface area contributed by atoms with Gasteiger partial charge < -0.3 is 10.4 Å². The standard InChI is InChI=1S/C14H17N3O3/c15-8-11-7-12(17(19)20)3-4-13(11)16-9-14(10-18)5-1-2-6-14/h3-4,7,16,18H,1-2,5-6,9-10H2. The van der Waals surface area contributed by atoms with Crippen molar-refractivity contribution in [3.8, 4) is 6.07 Å². The molecular weight excluding hydrogens is 258 g/mol. The van der Waals surface area contributed by atoms with Gasteiger partial charge in [0, 0.05) is 24.1 Å². The summed E-state index contributed by atoms with van der Waals surface area (Å²) >= 11 is 0. The number of aliphatic hydroxyl groups excluding tert-OH is 1. The maximum Gasteiger partial charge on any atom is 0.270 e. The molecule has 1 fully saturated rings. The first-order valence-corrected chi connectivity index (χ1v) is 6.63. The number of nitro groups is 1. The van der Waals surface area contributed by atoms with E-state index >= 15 is 0 Å². The maximum atomic E-state index is 10.7. The minimum Gasteiger partial charge on any atom is -0.396 e. The Kier molecular flexibility index (Phi) is 4.20. The summed E-state index contributed by atoms with van der Waals surface area (Å²) in [5, 5.41) is 32.5. The van der Waals surface area contributed by atoms with E-state index in [2.05, 4.69) is 5.32 Å². The van der Waals surface area contributed by atoms with Gasteiger partial charge >= 0.3 is 0 Å². The number of nitro benzene ring substituents is 1. The monoisotopic (exact) mass is 275 g/mol. The summed E-state index contributed by atoms with van der Waals surface area (Å²) in [6.45, 7) is 0.699. The number of anilines is 1. The van der Waals surface area contributed by atoms with Crippen molar-refractivity contribution in [2.75, 3.05) is 18.5 Å². The van der Waals surface area contributed by atoms with Crippen LogP contribution >= 0.6 is 0 Å². The first kappa shape index (κ1) is 14.3. The third-order valence-corrected chi connectivity index (χ3v) is 3.99. The fourth-order valence-corrected chi connectivity index (χ4v) is 2.69. The average molecular weight is 275 g/mol. The van der Waals surface area contributed by atoms with Crippen molar-refractivity contribution in [3.63, 3.8) is 0 Å². The van der Waals surface area contributed by atoms with Crippen molar-refractivity contribution in [1.82, 2.24) is 0 Å². The van der Waals surface area contributed by atoms with E-state index in [9.17, 15) is 15.2 Å². The lowest BCUT2D eigenvalue weighted by molar-refractivity contribution is -0.384. The van der Waals surface area contributed by atoms with Crippen LogP contribution in [0.1, 0.15) is 31.2 Å². The number of rotatable bonds is 5. The van der Waals surface area contributed by atoms with Gasteiger partial charge in [-0.05, 0) is 18.9 Å². The highest BCUT2D eigenvalue weighted by molar-refractivity contribution is 5.61. The number of hydrogen-bond acceptors (Lipinski definition) is 5. The summed E-state index contributed by atoms with van der Waals surface area (Å²) in [5.41, 5.74) is 0.613. The Morgan fingerprint density at radius 3 is 2.70 bits per heavy atom. The molecule has 0 bridgehead atoms. The molecule has 1 aliphatic carbocycles. The Morgan fingerprint density at radius 1 is 1.45 bits per heavy atom. The lowest BCUT2D eigenvalue weighted by Crippen LogP contribution is -2.30. The van der Waals surface area contributed by atoms with Gasteiger partial charge in [0.05, 0.1) is 22.8 Å². The maximum absolute atomic E-state index is 10.7. The normalized spacial score (nSPS) is 16.6. The van der Waals surface area contributed by atoms with Crippen LogP contribution in [0, 0.1) is 26.9 Å². The van der Waals surface area contributed by atoms with Crippen LogP contribution in [-0.2, 0) is 0 Å². The highest BCUT2D eigenvalue weighted by Gasteiger charge is 2.33. The Hall–Kier alpha value is -2.13. The van der Waals surface area contributed by atoms with Crippen molar-refractivity contribution < 1.29 is 10.0 Å². The SMILES string of the molecule is N#Cc1cc([N+](=O)[O-])ccc1NCC1(CO)CCCC1. The van der Waals surface area contributed by atoms with Crippen LogP contribution in [0.5, 0.6) is 0 Å². The van der Waals surface area contributed by atoms with Gasteiger partial charge in [-0.25, -0.2) is 0 Å². The molecule has 20 heavy (non-hydrogen) atoms. The highest BCUT2D eigenvalue weighted by Crippen LogP contribution is 2.38. The number of nitriles is 1. The molecular formula is C14H17N3O3. The van der Waals surface area contributed by atoms with Gasteiger partial charge in [0.1, 0.15) is 6.07 Å². The molecule has 0 aliphatic heterocycles. The van der Waals surface area contributed by atoms with Crippen LogP contribution < -0.4 is 5.32 Å². The highest BCUT2D eigenvalue weighted by atomic mass is 16.6. The molecule has 106 valence electrons. The summed E-state index contributed by atoms with van der Waals surface area (Å²) in [4.78, 5) is 10.2. The van der Waals surface area contributed by atoms with E-state index in [0.717, 1.165) is 25.7 Å². The first-order chi connectivity index (χ1) is 9.60. The lowest BCUT2D eigenvalue weighted by Gasteiger charge is -2.27. The Morgan fingerprint density at radius 2 is 2.15 bits per heavy atom.